The lowest BCUT2D eigenvalue weighted by Gasteiger charge is -2.27. The Morgan fingerprint density at radius 2 is 2.26 bits per heavy atom. The van der Waals surface area contributed by atoms with E-state index < -0.39 is 10.0 Å². The smallest absolute Gasteiger partial charge is 0.236 e. The minimum Gasteiger partial charge on any atom is -0.395 e. The lowest BCUT2D eigenvalue weighted by Crippen LogP contribution is -2.38. The number of aliphatic hydroxyl groups excluding tert-OH is 1. The van der Waals surface area contributed by atoms with Crippen LogP contribution < -0.4 is 4.31 Å². The van der Waals surface area contributed by atoms with Gasteiger partial charge in [0.05, 0.1) is 12.4 Å². The molecule has 5 nitrogen and oxygen atoms in total. The topological polar surface area (TPSA) is 70.5 Å². The third kappa shape index (κ3) is 3.46. The minimum atomic E-state index is -3.24. The Balaban J connectivity index is 2.26. The van der Waals surface area contributed by atoms with Gasteiger partial charge in [0.25, 0.3) is 0 Å². The number of aliphatic hydroxyl groups is 1. The predicted octanol–water partition coefficient (Wildman–Crippen LogP) is 0.746. The standard InChI is InChI=1S/C13H16N2O3S/c16-9-3-1-5-12-6-7-14-13(11-12)15-8-2-4-10-19(15,17)18/h6-7,11,16H,2-4,8-10H2. The number of hydrogen-bond acceptors (Lipinski definition) is 4. The zero-order chi connectivity index (χ0) is 13.7. The van der Waals surface area contributed by atoms with Gasteiger partial charge in [0.1, 0.15) is 5.82 Å². The summed E-state index contributed by atoms with van der Waals surface area (Å²) in [4.78, 5) is 4.12. The summed E-state index contributed by atoms with van der Waals surface area (Å²) in [6, 6.07) is 3.40. The molecule has 0 bridgehead atoms. The van der Waals surface area contributed by atoms with Gasteiger partial charge >= 0.3 is 0 Å². The van der Waals surface area contributed by atoms with Crippen molar-refractivity contribution >= 4 is 15.8 Å². The number of pyridine rings is 1. The zero-order valence-corrected chi connectivity index (χ0v) is 11.4. The van der Waals surface area contributed by atoms with E-state index in [0.29, 0.717) is 30.8 Å². The molecule has 2 rings (SSSR count). The van der Waals surface area contributed by atoms with Crippen LogP contribution in [0.4, 0.5) is 5.82 Å². The minimum absolute atomic E-state index is 0.0193. The van der Waals surface area contributed by atoms with E-state index in [2.05, 4.69) is 16.8 Å². The van der Waals surface area contributed by atoms with E-state index in [1.807, 2.05) is 0 Å². The third-order valence-electron chi connectivity index (χ3n) is 2.82. The summed E-state index contributed by atoms with van der Waals surface area (Å²) in [5, 5.41) is 8.67. The molecule has 1 fully saturated rings. The predicted molar refractivity (Wildman–Crippen MR) is 73.2 cm³/mol. The van der Waals surface area contributed by atoms with Crippen molar-refractivity contribution in [2.75, 3.05) is 23.2 Å². The van der Waals surface area contributed by atoms with Gasteiger partial charge < -0.3 is 5.11 Å². The monoisotopic (exact) mass is 280 g/mol. The number of aromatic nitrogens is 1. The molecular formula is C13H16N2O3S. The first-order chi connectivity index (χ1) is 9.13. The molecule has 6 heteroatoms. The summed E-state index contributed by atoms with van der Waals surface area (Å²) < 4.78 is 25.3. The van der Waals surface area contributed by atoms with Crippen molar-refractivity contribution in [1.29, 1.82) is 0 Å². The van der Waals surface area contributed by atoms with Crippen LogP contribution in [0.25, 0.3) is 0 Å². The summed E-state index contributed by atoms with van der Waals surface area (Å²) in [6.45, 7) is 0.494. The quantitative estimate of drug-likeness (QED) is 0.811. The summed E-state index contributed by atoms with van der Waals surface area (Å²) in [5.74, 6) is 6.29. The Kier molecular flexibility index (Phi) is 4.40. The number of nitrogens with zero attached hydrogens (tertiary/aromatic N) is 2. The van der Waals surface area contributed by atoms with E-state index in [1.54, 1.807) is 18.3 Å². The maximum atomic E-state index is 12.0. The summed E-state index contributed by atoms with van der Waals surface area (Å²) in [6.07, 6.45) is 3.51. The van der Waals surface area contributed by atoms with Crippen molar-refractivity contribution in [3.05, 3.63) is 23.9 Å². The molecule has 1 aromatic heterocycles. The van der Waals surface area contributed by atoms with Crippen molar-refractivity contribution in [1.82, 2.24) is 4.98 Å². The molecule has 2 heterocycles. The molecule has 0 atom stereocenters. The maximum Gasteiger partial charge on any atom is 0.236 e. The van der Waals surface area contributed by atoms with Gasteiger partial charge in [-0.3, -0.25) is 4.31 Å². The molecule has 1 aromatic rings. The van der Waals surface area contributed by atoms with Gasteiger partial charge in [0.15, 0.2) is 0 Å². The summed E-state index contributed by atoms with van der Waals surface area (Å²) >= 11 is 0. The van der Waals surface area contributed by atoms with Crippen molar-refractivity contribution in [2.24, 2.45) is 0 Å². The van der Waals surface area contributed by atoms with Crippen LogP contribution in [-0.4, -0.2) is 37.4 Å². The van der Waals surface area contributed by atoms with Crippen molar-refractivity contribution in [2.45, 2.75) is 19.3 Å². The van der Waals surface area contributed by atoms with Crippen LogP contribution in [-0.2, 0) is 10.0 Å². The van der Waals surface area contributed by atoms with Crippen molar-refractivity contribution in [3.8, 4) is 11.8 Å². The Labute approximate surface area is 113 Å². The highest BCUT2D eigenvalue weighted by Gasteiger charge is 2.26. The van der Waals surface area contributed by atoms with Crippen molar-refractivity contribution in [3.63, 3.8) is 0 Å². The highest BCUT2D eigenvalue weighted by molar-refractivity contribution is 7.92. The zero-order valence-electron chi connectivity index (χ0n) is 10.5. The van der Waals surface area contributed by atoms with Crippen LogP contribution in [0.3, 0.4) is 0 Å². The Morgan fingerprint density at radius 3 is 3.00 bits per heavy atom. The lowest BCUT2D eigenvalue weighted by molar-refractivity contribution is 0.305. The van der Waals surface area contributed by atoms with E-state index in [9.17, 15) is 8.42 Å². The molecule has 102 valence electrons. The van der Waals surface area contributed by atoms with Crippen LogP contribution in [0, 0.1) is 11.8 Å². The number of sulfonamides is 1. The molecule has 0 aromatic carbocycles. The van der Waals surface area contributed by atoms with E-state index in [0.717, 1.165) is 6.42 Å². The molecular weight excluding hydrogens is 264 g/mol. The van der Waals surface area contributed by atoms with Gasteiger partial charge in [-0.1, -0.05) is 11.8 Å². The molecule has 0 amide bonds. The number of rotatable bonds is 2. The lowest BCUT2D eigenvalue weighted by atomic mass is 10.2. The van der Waals surface area contributed by atoms with Gasteiger partial charge in [-0.15, -0.1) is 0 Å². The van der Waals surface area contributed by atoms with Gasteiger partial charge in [-0.25, -0.2) is 13.4 Å². The van der Waals surface area contributed by atoms with E-state index >= 15 is 0 Å². The first-order valence-electron chi connectivity index (χ1n) is 6.20. The second-order valence-corrected chi connectivity index (χ2v) is 6.29. The van der Waals surface area contributed by atoms with Crippen LogP contribution >= 0.6 is 0 Å². The van der Waals surface area contributed by atoms with Gasteiger partial charge in [0, 0.05) is 24.7 Å². The summed E-state index contributed by atoms with van der Waals surface area (Å²) in [5.41, 5.74) is 0.708. The van der Waals surface area contributed by atoms with Crippen LogP contribution in [0.5, 0.6) is 0 Å². The molecule has 1 saturated heterocycles. The van der Waals surface area contributed by atoms with Crippen LogP contribution in [0.15, 0.2) is 18.3 Å². The number of hydrogen-bond donors (Lipinski definition) is 1. The van der Waals surface area contributed by atoms with Gasteiger partial charge in [-0.05, 0) is 25.0 Å². The summed E-state index contributed by atoms with van der Waals surface area (Å²) in [7, 11) is -3.24. The number of anilines is 1. The third-order valence-corrected chi connectivity index (χ3v) is 4.67. The fraction of sp³-hybridized carbons (Fsp3) is 0.462. The normalized spacial score (nSPS) is 17.6. The molecule has 0 saturated carbocycles. The highest BCUT2D eigenvalue weighted by atomic mass is 32.2. The average Bonchev–Trinajstić information content (AvgIpc) is 2.39. The molecule has 0 unspecified atom stereocenters. The molecule has 0 aliphatic carbocycles. The SMILES string of the molecule is O=S1(=O)CCCCN1c1cc(C#CCCO)ccn1. The highest BCUT2D eigenvalue weighted by Crippen LogP contribution is 2.21. The van der Waals surface area contributed by atoms with Gasteiger partial charge in [0.2, 0.25) is 10.0 Å². The fourth-order valence-electron chi connectivity index (χ4n) is 1.90. The Bertz CT molecular complexity index is 602. The first kappa shape index (κ1) is 13.8. The largest absolute Gasteiger partial charge is 0.395 e. The van der Waals surface area contributed by atoms with Crippen molar-refractivity contribution < 1.29 is 13.5 Å². The van der Waals surface area contributed by atoms with E-state index in [1.165, 1.54) is 4.31 Å². The average molecular weight is 280 g/mol. The van der Waals surface area contributed by atoms with E-state index in [-0.39, 0.29) is 12.4 Å². The first-order valence-corrected chi connectivity index (χ1v) is 7.80. The Hall–Kier alpha value is -1.58. The molecule has 0 spiro atoms. The maximum absolute atomic E-state index is 12.0. The molecule has 1 aliphatic rings. The Morgan fingerprint density at radius 1 is 1.42 bits per heavy atom. The molecule has 1 aliphatic heterocycles. The molecule has 0 radical (unpaired) electrons. The van der Waals surface area contributed by atoms with Gasteiger partial charge in [-0.2, -0.15) is 0 Å². The fourth-order valence-corrected chi connectivity index (χ4v) is 3.48. The van der Waals surface area contributed by atoms with Crippen LogP contribution in [0.2, 0.25) is 0 Å². The molecule has 1 N–H and O–H groups in total. The second kappa shape index (κ2) is 6.04. The molecule has 19 heavy (non-hydrogen) atoms. The van der Waals surface area contributed by atoms with E-state index in [4.69, 9.17) is 5.11 Å². The van der Waals surface area contributed by atoms with Crippen LogP contribution in [0.1, 0.15) is 24.8 Å². The second-order valence-electron chi connectivity index (χ2n) is 4.27.